The highest BCUT2D eigenvalue weighted by atomic mass is 16.5. The van der Waals surface area contributed by atoms with Crippen molar-refractivity contribution in [3.8, 4) is 5.75 Å². The Morgan fingerprint density at radius 1 is 1.32 bits per heavy atom. The molecule has 3 nitrogen and oxygen atoms in total. The molecule has 0 saturated heterocycles. The molecule has 0 aliphatic heterocycles. The molecule has 0 bridgehead atoms. The first-order valence-corrected chi connectivity index (χ1v) is 6.19. The van der Waals surface area contributed by atoms with Gasteiger partial charge in [-0.3, -0.25) is 0 Å². The van der Waals surface area contributed by atoms with Crippen molar-refractivity contribution in [1.29, 1.82) is 0 Å². The molecule has 0 saturated carbocycles. The van der Waals surface area contributed by atoms with Gasteiger partial charge in [-0.15, -0.1) is 0 Å². The summed E-state index contributed by atoms with van der Waals surface area (Å²) in [5.41, 5.74) is 1.67. The zero-order chi connectivity index (χ0) is 13.8. The number of aryl methyl sites for hydroxylation is 1. The van der Waals surface area contributed by atoms with Crippen molar-refractivity contribution in [3.63, 3.8) is 0 Å². The number of phenols is 1. The van der Waals surface area contributed by atoms with Crippen molar-refractivity contribution < 1.29 is 14.6 Å². The van der Waals surface area contributed by atoms with E-state index in [9.17, 15) is 9.90 Å². The molecule has 19 heavy (non-hydrogen) atoms. The maximum absolute atomic E-state index is 11.3. The number of esters is 1. The molecule has 2 aromatic carbocycles. The number of hydrogen-bond acceptors (Lipinski definition) is 3. The zero-order valence-corrected chi connectivity index (χ0v) is 11.0. The Morgan fingerprint density at radius 2 is 2.00 bits per heavy atom. The van der Waals surface area contributed by atoms with E-state index in [1.54, 1.807) is 13.0 Å². The molecule has 0 atom stereocenters. The summed E-state index contributed by atoms with van der Waals surface area (Å²) in [6.07, 6.45) is 3.12. The summed E-state index contributed by atoms with van der Waals surface area (Å²) >= 11 is 0. The third-order valence-electron chi connectivity index (χ3n) is 2.92. The largest absolute Gasteiger partial charge is 0.507 e. The lowest BCUT2D eigenvalue weighted by atomic mass is 10.00. The maximum Gasteiger partial charge on any atom is 0.330 e. The van der Waals surface area contributed by atoms with E-state index in [-0.39, 0.29) is 11.7 Å². The minimum atomic E-state index is -0.364. The molecule has 0 heterocycles. The van der Waals surface area contributed by atoms with Gasteiger partial charge in [-0.25, -0.2) is 4.79 Å². The van der Waals surface area contributed by atoms with Crippen LogP contribution in [0.25, 0.3) is 16.8 Å². The molecule has 2 rings (SSSR count). The van der Waals surface area contributed by atoms with Crippen LogP contribution in [0.3, 0.4) is 0 Å². The summed E-state index contributed by atoms with van der Waals surface area (Å²) < 4.78 is 4.85. The summed E-state index contributed by atoms with van der Waals surface area (Å²) in [7, 11) is 0. The molecule has 98 valence electrons. The van der Waals surface area contributed by atoms with Crippen LogP contribution in [0.1, 0.15) is 18.1 Å². The Balaban J connectivity index is 2.49. The van der Waals surface area contributed by atoms with Crippen molar-refractivity contribution in [2.24, 2.45) is 0 Å². The van der Waals surface area contributed by atoms with Crippen LogP contribution in [0.5, 0.6) is 5.75 Å². The van der Waals surface area contributed by atoms with E-state index >= 15 is 0 Å². The van der Waals surface area contributed by atoms with E-state index in [2.05, 4.69) is 0 Å². The first-order valence-electron chi connectivity index (χ1n) is 6.19. The second kappa shape index (κ2) is 5.57. The highest BCUT2D eigenvalue weighted by Crippen LogP contribution is 2.31. The number of ether oxygens (including phenoxy) is 1. The molecule has 0 aromatic heterocycles. The SMILES string of the molecule is CCOC(=O)/C=C/c1cc(C)c(O)c2ccccc12. The topological polar surface area (TPSA) is 46.5 Å². The van der Waals surface area contributed by atoms with Gasteiger partial charge in [-0.2, -0.15) is 0 Å². The Bertz CT molecular complexity index is 642. The van der Waals surface area contributed by atoms with Crippen molar-refractivity contribution in [3.05, 3.63) is 47.5 Å². The smallest absolute Gasteiger partial charge is 0.330 e. The fraction of sp³-hybridized carbons (Fsp3) is 0.188. The third kappa shape index (κ3) is 2.76. The molecule has 0 aliphatic rings. The molecular weight excluding hydrogens is 240 g/mol. The van der Waals surface area contributed by atoms with Gasteiger partial charge in [0, 0.05) is 11.5 Å². The normalized spacial score (nSPS) is 11.1. The van der Waals surface area contributed by atoms with Crippen molar-refractivity contribution in [2.45, 2.75) is 13.8 Å². The Hall–Kier alpha value is -2.29. The van der Waals surface area contributed by atoms with E-state index in [1.165, 1.54) is 6.08 Å². The molecule has 0 fully saturated rings. The molecule has 0 unspecified atom stereocenters. The minimum absolute atomic E-state index is 0.281. The monoisotopic (exact) mass is 256 g/mol. The number of hydrogen-bond donors (Lipinski definition) is 1. The van der Waals surface area contributed by atoms with Gasteiger partial charge in [0.25, 0.3) is 0 Å². The lowest BCUT2D eigenvalue weighted by Crippen LogP contribution is -1.98. The Morgan fingerprint density at radius 3 is 2.68 bits per heavy atom. The van der Waals surface area contributed by atoms with Gasteiger partial charge >= 0.3 is 5.97 Å². The summed E-state index contributed by atoms with van der Waals surface area (Å²) in [5, 5.41) is 11.7. The van der Waals surface area contributed by atoms with Crippen LogP contribution in [-0.4, -0.2) is 17.7 Å². The highest BCUT2D eigenvalue weighted by molar-refractivity contribution is 5.98. The van der Waals surface area contributed by atoms with Crippen LogP contribution in [0.2, 0.25) is 0 Å². The van der Waals surface area contributed by atoms with Gasteiger partial charge in [0.1, 0.15) is 5.75 Å². The zero-order valence-electron chi connectivity index (χ0n) is 11.0. The number of fused-ring (bicyclic) bond motifs is 1. The first-order chi connectivity index (χ1) is 9.13. The Kier molecular flexibility index (Phi) is 3.85. The first kappa shape index (κ1) is 13.1. The predicted octanol–water partition coefficient (Wildman–Crippen LogP) is 3.43. The Labute approximate surface area is 112 Å². The fourth-order valence-corrected chi connectivity index (χ4v) is 2.02. The quantitative estimate of drug-likeness (QED) is 0.676. The van der Waals surface area contributed by atoms with Gasteiger partial charge < -0.3 is 9.84 Å². The van der Waals surface area contributed by atoms with Gasteiger partial charge in [0.15, 0.2) is 0 Å². The molecular formula is C16H16O3. The van der Waals surface area contributed by atoms with Crippen molar-refractivity contribution in [2.75, 3.05) is 6.61 Å². The van der Waals surface area contributed by atoms with Crippen molar-refractivity contribution >= 4 is 22.8 Å². The maximum atomic E-state index is 11.3. The second-order valence-electron chi connectivity index (χ2n) is 4.26. The summed E-state index contributed by atoms with van der Waals surface area (Å²) in [6.45, 7) is 3.97. The van der Waals surface area contributed by atoms with Crippen molar-refractivity contribution in [1.82, 2.24) is 0 Å². The molecule has 0 spiro atoms. The molecule has 0 radical (unpaired) electrons. The van der Waals surface area contributed by atoms with E-state index in [0.29, 0.717) is 6.61 Å². The van der Waals surface area contributed by atoms with Gasteiger partial charge in [0.05, 0.1) is 6.61 Å². The van der Waals surface area contributed by atoms with Gasteiger partial charge in [-0.05, 0) is 42.5 Å². The average molecular weight is 256 g/mol. The highest BCUT2D eigenvalue weighted by Gasteiger charge is 2.06. The number of phenolic OH excluding ortho intramolecular Hbond substituents is 1. The summed E-state index contributed by atoms with van der Waals surface area (Å²) in [4.78, 5) is 11.3. The molecule has 1 N–H and O–H groups in total. The van der Waals surface area contributed by atoms with Crippen LogP contribution in [0.4, 0.5) is 0 Å². The molecule has 0 amide bonds. The molecule has 2 aromatic rings. The molecule has 0 aliphatic carbocycles. The number of rotatable bonds is 3. The lowest BCUT2D eigenvalue weighted by molar-refractivity contribution is -0.137. The van der Waals surface area contributed by atoms with Crippen LogP contribution < -0.4 is 0 Å². The van der Waals surface area contributed by atoms with Crippen LogP contribution in [-0.2, 0) is 9.53 Å². The standard InChI is InChI=1S/C16H16O3/c1-3-19-15(17)9-8-12-10-11(2)16(18)14-7-5-4-6-13(12)14/h4-10,18H,3H2,1-2H3/b9-8+. The predicted molar refractivity (Wildman–Crippen MR) is 76.0 cm³/mol. The van der Waals surface area contributed by atoms with E-state index in [4.69, 9.17) is 4.74 Å². The minimum Gasteiger partial charge on any atom is -0.507 e. The number of carbonyl (C=O) groups is 1. The number of carbonyl (C=O) groups excluding carboxylic acids is 1. The average Bonchev–Trinajstić information content (AvgIpc) is 2.42. The van der Waals surface area contributed by atoms with E-state index in [0.717, 1.165) is 21.9 Å². The third-order valence-corrected chi connectivity index (χ3v) is 2.92. The van der Waals surface area contributed by atoms with Gasteiger partial charge in [-0.1, -0.05) is 24.3 Å². The van der Waals surface area contributed by atoms with E-state index in [1.807, 2.05) is 37.3 Å². The summed E-state index contributed by atoms with van der Waals surface area (Å²) in [5.74, 6) is -0.0822. The van der Waals surface area contributed by atoms with Crippen LogP contribution in [0, 0.1) is 6.92 Å². The van der Waals surface area contributed by atoms with Crippen LogP contribution in [0.15, 0.2) is 36.4 Å². The number of benzene rings is 2. The fourth-order valence-electron chi connectivity index (χ4n) is 2.02. The lowest BCUT2D eigenvalue weighted by Gasteiger charge is -2.08. The summed E-state index contributed by atoms with van der Waals surface area (Å²) in [6, 6.07) is 9.41. The molecule has 3 heteroatoms. The van der Waals surface area contributed by atoms with Crippen LogP contribution >= 0.6 is 0 Å². The second-order valence-corrected chi connectivity index (χ2v) is 4.26. The van der Waals surface area contributed by atoms with Gasteiger partial charge in [0.2, 0.25) is 0 Å². The number of aromatic hydroxyl groups is 1. The van der Waals surface area contributed by atoms with E-state index < -0.39 is 0 Å².